The van der Waals surface area contributed by atoms with Crippen LogP contribution in [-0.4, -0.2) is 25.2 Å². The van der Waals surface area contributed by atoms with Gasteiger partial charge in [0.1, 0.15) is 0 Å². The molecule has 4 heteroatoms. The standard InChI is InChI=1S/C17H16N2O2/c1-18-13-5-3-4-6-14(13)19(2)16-11-12(7-9-15(16)18)8-10-17(20)21/h3-11H,1-2H3,(H,20,21)/b10-8+. The molecular weight excluding hydrogens is 264 g/mol. The lowest BCUT2D eigenvalue weighted by atomic mass is 10.1. The van der Waals surface area contributed by atoms with Crippen LogP contribution >= 0.6 is 0 Å². The average Bonchev–Trinajstić information content (AvgIpc) is 2.50. The lowest BCUT2D eigenvalue weighted by molar-refractivity contribution is -0.131. The van der Waals surface area contributed by atoms with Crippen LogP contribution in [0.3, 0.4) is 0 Å². The van der Waals surface area contributed by atoms with Gasteiger partial charge >= 0.3 is 5.97 Å². The number of anilines is 4. The van der Waals surface area contributed by atoms with E-state index in [9.17, 15) is 4.79 Å². The minimum Gasteiger partial charge on any atom is -0.478 e. The number of hydrogen-bond acceptors (Lipinski definition) is 3. The molecule has 0 bridgehead atoms. The summed E-state index contributed by atoms with van der Waals surface area (Å²) in [6, 6.07) is 14.2. The SMILES string of the molecule is CN1c2ccccc2N(C)c2cc(/C=C/C(=O)O)ccc21. The van der Waals surface area contributed by atoms with E-state index in [0.29, 0.717) is 0 Å². The molecule has 0 aliphatic carbocycles. The van der Waals surface area contributed by atoms with Crippen molar-refractivity contribution < 1.29 is 9.90 Å². The minimum absolute atomic E-state index is 0.871. The second-order valence-corrected chi connectivity index (χ2v) is 5.03. The molecule has 0 aromatic heterocycles. The highest BCUT2D eigenvalue weighted by molar-refractivity contribution is 5.94. The van der Waals surface area contributed by atoms with Crippen LogP contribution in [0.15, 0.2) is 48.5 Å². The molecule has 1 heterocycles. The number of rotatable bonds is 2. The second-order valence-electron chi connectivity index (χ2n) is 5.03. The molecule has 0 fully saturated rings. The van der Waals surface area contributed by atoms with Crippen molar-refractivity contribution >= 4 is 34.8 Å². The van der Waals surface area contributed by atoms with E-state index in [1.807, 2.05) is 44.4 Å². The van der Waals surface area contributed by atoms with Crippen LogP contribution in [0.2, 0.25) is 0 Å². The Balaban J connectivity index is 2.08. The van der Waals surface area contributed by atoms with Crippen molar-refractivity contribution in [3.63, 3.8) is 0 Å². The van der Waals surface area contributed by atoms with Crippen LogP contribution < -0.4 is 9.80 Å². The van der Waals surface area contributed by atoms with Gasteiger partial charge in [0, 0.05) is 20.2 Å². The Morgan fingerprint density at radius 3 is 2.14 bits per heavy atom. The van der Waals surface area contributed by atoms with E-state index >= 15 is 0 Å². The van der Waals surface area contributed by atoms with Gasteiger partial charge in [0.15, 0.2) is 0 Å². The Labute approximate surface area is 123 Å². The quantitative estimate of drug-likeness (QED) is 0.853. The molecule has 1 aliphatic heterocycles. The Morgan fingerprint density at radius 1 is 0.952 bits per heavy atom. The van der Waals surface area contributed by atoms with Crippen molar-refractivity contribution in [1.82, 2.24) is 0 Å². The fraction of sp³-hybridized carbons (Fsp3) is 0.118. The predicted molar refractivity (Wildman–Crippen MR) is 85.7 cm³/mol. The summed E-state index contributed by atoms with van der Waals surface area (Å²) < 4.78 is 0. The van der Waals surface area contributed by atoms with Gasteiger partial charge in [-0.25, -0.2) is 4.79 Å². The van der Waals surface area contributed by atoms with Crippen LogP contribution in [0.25, 0.3) is 6.08 Å². The highest BCUT2D eigenvalue weighted by Gasteiger charge is 2.23. The zero-order valence-electron chi connectivity index (χ0n) is 11.9. The fourth-order valence-corrected chi connectivity index (χ4v) is 2.65. The molecule has 4 nitrogen and oxygen atoms in total. The van der Waals surface area contributed by atoms with Crippen LogP contribution in [0, 0.1) is 0 Å². The Morgan fingerprint density at radius 2 is 1.52 bits per heavy atom. The van der Waals surface area contributed by atoms with Crippen molar-refractivity contribution in [1.29, 1.82) is 0 Å². The molecule has 3 rings (SSSR count). The van der Waals surface area contributed by atoms with Gasteiger partial charge in [0.25, 0.3) is 0 Å². The van der Waals surface area contributed by atoms with Crippen molar-refractivity contribution in [3.8, 4) is 0 Å². The summed E-state index contributed by atoms with van der Waals surface area (Å²) in [5.41, 5.74) is 5.32. The molecule has 2 aromatic rings. The highest BCUT2D eigenvalue weighted by Crippen LogP contribution is 2.46. The van der Waals surface area contributed by atoms with Gasteiger partial charge in [-0.15, -0.1) is 0 Å². The summed E-state index contributed by atoms with van der Waals surface area (Å²) in [4.78, 5) is 14.9. The number of carbonyl (C=O) groups is 1. The van der Waals surface area contributed by atoms with Crippen LogP contribution in [-0.2, 0) is 4.79 Å². The van der Waals surface area contributed by atoms with Gasteiger partial charge in [-0.05, 0) is 35.9 Å². The first-order chi connectivity index (χ1) is 10.1. The number of nitrogens with zero attached hydrogens (tertiary/aromatic N) is 2. The molecule has 0 saturated heterocycles. The largest absolute Gasteiger partial charge is 0.478 e. The number of fused-ring (bicyclic) bond motifs is 2. The van der Waals surface area contributed by atoms with Crippen molar-refractivity contribution in [2.75, 3.05) is 23.9 Å². The molecular formula is C17H16N2O2. The molecule has 1 N–H and O–H groups in total. The molecule has 0 amide bonds. The lowest BCUT2D eigenvalue weighted by Gasteiger charge is -2.36. The van der Waals surface area contributed by atoms with E-state index in [1.54, 1.807) is 6.08 Å². The molecule has 0 unspecified atom stereocenters. The summed E-state index contributed by atoms with van der Waals surface area (Å²) in [6.07, 6.45) is 2.76. The molecule has 0 spiro atoms. The number of hydrogen-bond donors (Lipinski definition) is 1. The van der Waals surface area contributed by atoms with Crippen molar-refractivity contribution in [3.05, 3.63) is 54.1 Å². The Kier molecular flexibility index (Phi) is 3.14. The highest BCUT2D eigenvalue weighted by atomic mass is 16.4. The first-order valence-electron chi connectivity index (χ1n) is 6.69. The third kappa shape index (κ3) is 2.25. The van der Waals surface area contributed by atoms with Crippen molar-refractivity contribution in [2.45, 2.75) is 0 Å². The smallest absolute Gasteiger partial charge is 0.328 e. The first-order valence-corrected chi connectivity index (χ1v) is 6.69. The van der Waals surface area contributed by atoms with Crippen LogP contribution in [0.5, 0.6) is 0 Å². The van der Waals surface area contributed by atoms with Gasteiger partial charge in [-0.3, -0.25) is 0 Å². The molecule has 21 heavy (non-hydrogen) atoms. The number of para-hydroxylation sites is 2. The molecule has 106 valence electrons. The predicted octanol–water partition coefficient (Wildman–Crippen LogP) is 3.63. The van der Waals surface area contributed by atoms with Gasteiger partial charge in [0.2, 0.25) is 0 Å². The number of aliphatic carboxylic acids is 1. The van der Waals surface area contributed by atoms with Gasteiger partial charge in [-0.1, -0.05) is 18.2 Å². The Hall–Kier alpha value is -2.75. The molecule has 0 radical (unpaired) electrons. The third-order valence-electron chi connectivity index (χ3n) is 3.74. The topological polar surface area (TPSA) is 43.8 Å². The average molecular weight is 280 g/mol. The monoisotopic (exact) mass is 280 g/mol. The maximum atomic E-state index is 10.6. The summed E-state index contributed by atoms with van der Waals surface area (Å²) in [7, 11) is 4.06. The molecule has 1 aliphatic rings. The van der Waals surface area contributed by atoms with E-state index in [-0.39, 0.29) is 0 Å². The summed E-state index contributed by atoms with van der Waals surface area (Å²) in [5.74, 6) is -0.941. The van der Waals surface area contributed by atoms with Crippen molar-refractivity contribution in [2.24, 2.45) is 0 Å². The maximum absolute atomic E-state index is 10.6. The van der Waals surface area contributed by atoms with Crippen LogP contribution in [0.4, 0.5) is 22.7 Å². The molecule has 0 saturated carbocycles. The summed E-state index contributed by atoms with van der Waals surface area (Å²) >= 11 is 0. The van der Waals surface area contributed by atoms with E-state index in [0.717, 1.165) is 34.4 Å². The van der Waals surface area contributed by atoms with E-state index in [2.05, 4.69) is 21.9 Å². The Bertz CT molecular complexity index is 737. The number of carboxylic acids is 1. The fourth-order valence-electron chi connectivity index (χ4n) is 2.65. The van der Waals surface area contributed by atoms with Crippen LogP contribution in [0.1, 0.15) is 5.56 Å². The summed E-state index contributed by atoms with van der Waals surface area (Å²) in [5, 5.41) is 8.73. The first kappa shape index (κ1) is 13.2. The third-order valence-corrected chi connectivity index (χ3v) is 3.74. The molecule has 0 atom stereocenters. The normalized spacial score (nSPS) is 13.2. The van der Waals surface area contributed by atoms with E-state index in [4.69, 9.17) is 5.11 Å². The van der Waals surface area contributed by atoms with Gasteiger partial charge < -0.3 is 14.9 Å². The lowest BCUT2D eigenvalue weighted by Crippen LogP contribution is -2.24. The molecule has 2 aromatic carbocycles. The zero-order chi connectivity index (χ0) is 15.0. The zero-order valence-corrected chi connectivity index (χ0v) is 11.9. The van der Waals surface area contributed by atoms with Gasteiger partial charge in [-0.2, -0.15) is 0 Å². The minimum atomic E-state index is -0.941. The van der Waals surface area contributed by atoms with E-state index in [1.165, 1.54) is 0 Å². The number of carboxylic acid groups (broad SMARTS) is 1. The number of benzene rings is 2. The maximum Gasteiger partial charge on any atom is 0.328 e. The second kappa shape index (κ2) is 4.98. The van der Waals surface area contributed by atoms with E-state index < -0.39 is 5.97 Å². The van der Waals surface area contributed by atoms with Gasteiger partial charge in [0.05, 0.1) is 22.7 Å². The summed E-state index contributed by atoms with van der Waals surface area (Å²) in [6.45, 7) is 0.